The lowest BCUT2D eigenvalue weighted by atomic mass is 10.8. The molecule has 0 saturated heterocycles. The summed E-state index contributed by atoms with van der Waals surface area (Å²) in [7, 11) is 4.06. The second-order valence-corrected chi connectivity index (χ2v) is 2.17. The second kappa shape index (κ2) is 16.6. The van der Waals surface area contributed by atoms with Crippen molar-refractivity contribution in [3.05, 3.63) is 0 Å². The molecule has 0 bridgehead atoms. The first-order valence-corrected chi connectivity index (χ1v) is 4.26. The minimum Gasteiger partial charge on any atom is -0.370 e. The zero-order valence-corrected chi connectivity index (χ0v) is 9.22. The highest BCUT2D eigenvalue weighted by atomic mass is 16.1. The van der Waals surface area contributed by atoms with Crippen molar-refractivity contribution in [3.63, 3.8) is 0 Å². The van der Waals surface area contributed by atoms with E-state index >= 15 is 0 Å². The highest BCUT2D eigenvalue weighted by Crippen LogP contribution is 1.61. The second-order valence-electron chi connectivity index (χ2n) is 2.17. The lowest BCUT2D eigenvalue weighted by Crippen LogP contribution is -2.01. The quantitative estimate of drug-likeness (QED) is 0.368. The molecule has 12 heavy (non-hydrogen) atoms. The van der Waals surface area contributed by atoms with Crippen molar-refractivity contribution in [2.75, 3.05) is 14.1 Å². The van der Waals surface area contributed by atoms with Gasteiger partial charge in [0.1, 0.15) is 20.3 Å². The van der Waals surface area contributed by atoms with Gasteiger partial charge in [0.05, 0.1) is 0 Å². The molecule has 0 aliphatic heterocycles. The summed E-state index contributed by atoms with van der Waals surface area (Å²) in [5.74, 6) is -0.333. The fourth-order valence-electron chi connectivity index (χ4n) is 0.365. The van der Waals surface area contributed by atoms with E-state index in [4.69, 9.17) is 0 Å². The number of nitrogens with zero attached hydrogens (tertiary/aromatic N) is 1. The van der Waals surface area contributed by atoms with Gasteiger partial charge in [-0.3, -0.25) is 4.79 Å². The Kier molecular flexibility index (Phi) is 23.9. The van der Waals surface area contributed by atoms with Crippen molar-refractivity contribution in [1.29, 1.82) is 0 Å². The molecule has 0 fully saturated rings. The van der Waals surface area contributed by atoms with Crippen LogP contribution in [-0.4, -0.2) is 30.8 Å². The van der Waals surface area contributed by atoms with Crippen LogP contribution < -0.4 is 5.73 Å². The normalized spacial score (nSPS) is 8.67. The van der Waals surface area contributed by atoms with Crippen LogP contribution in [0.15, 0.2) is 0 Å². The maximum atomic E-state index is 9.22. The molecule has 0 aromatic heterocycles. The molecule has 0 aliphatic rings. The molecule has 0 rings (SSSR count). The third-order valence-electron chi connectivity index (χ3n) is 0.548. The van der Waals surface area contributed by atoms with Crippen LogP contribution in [0.5, 0.6) is 0 Å². The van der Waals surface area contributed by atoms with Gasteiger partial charge in [-0.1, -0.05) is 20.8 Å². The van der Waals surface area contributed by atoms with Crippen LogP contribution in [0.1, 0.15) is 34.1 Å². The lowest BCUT2D eigenvalue weighted by Gasteiger charge is -1.76. The minimum atomic E-state index is -0.333. The highest BCUT2D eigenvalue weighted by Gasteiger charge is 1.72. The Hall–Kier alpha value is -0.860. The van der Waals surface area contributed by atoms with Crippen molar-refractivity contribution in [2.45, 2.75) is 34.1 Å². The summed E-state index contributed by atoms with van der Waals surface area (Å²) in [5, 5.41) is 0. The SMILES string of the molecule is CC(N)=O.C[N+]([13CH3])=C[13CH2][13CH3].[13CH3][13CH3]. The van der Waals surface area contributed by atoms with E-state index in [9.17, 15) is 4.79 Å². The fraction of sp³-hybridized carbons (Fsp3) is 0.778. The third kappa shape index (κ3) is 132. The van der Waals surface area contributed by atoms with Crippen LogP contribution in [0.2, 0.25) is 0 Å². The van der Waals surface area contributed by atoms with E-state index in [0.717, 1.165) is 6.42 Å². The lowest BCUT2D eigenvalue weighted by molar-refractivity contribution is -0.460. The Morgan fingerprint density at radius 2 is 1.67 bits per heavy atom. The number of hydrogen-bond donors (Lipinski definition) is 1. The van der Waals surface area contributed by atoms with Crippen LogP contribution >= 0.6 is 0 Å². The Morgan fingerprint density at radius 3 is 1.67 bits per heavy atom. The van der Waals surface area contributed by atoms with E-state index in [0.29, 0.717) is 0 Å². The molecule has 74 valence electrons. The van der Waals surface area contributed by atoms with E-state index in [1.807, 2.05) is 27.9 Å². The van der Waals surface area contributed by atoms with Crippen LogP contribution in [0.3, 0.4) is 0 Å². The molecule has 2 N–H and O–H groups in total. The van der Waals surface area contributed by atoms with Gasteiger partial charge in [0.25, 0.3) is 0 Å². The van der Waals surface area contributed by atoms with Crippen LogP contribution in [0.4, 0.5) is 0 Å². The Balaban J connectivity index is -0.000000118. The van der Waals surface area contributed by atoms with E-state index in [2.05, 4.69) is 23.4 Å². The number of carbonyl (C=O) groups excluding carboxylic acids is 1. The zero-order valence-electron chi connectivity index (χ0n) is 9.22. The van der Waals surface area contributed by atoms with Crippen LogP contribution in [0.25, 0.3) is 0 Å². The van der Waals surface area contributed by atoms with Gasteiger partial charge in [-0.15, -0.1) is 0 Å². The van der Waals surface area contributed by atoms with Gasteiger partial charge in [-0.2, -0.15) is 0 Å². The van der Waals surface area contributed by atoms with Gasteiger partial charge in [0.15, 0.2) is 0 Å². The molecule has 0 saturated carbocycles. The van der Waals surface area contributed by atoms with E-state index in [1.165, 1.54) is 6.92 Å². The Bertz CT molecular complexity index is 112. The summed E-state index contributed by atoms with van der Waals surface area (Å²) in [6, 6.07) is 0. The van der Waals surface area contributed by atoms with E-state index in [1.54, 1.807) is 0 Å². The number of rotatable bonds is 1. The molecule has 3 heteroatoms. The van der Waals surface area contributed by atoms with Crippen molar-refractivity contribution in [1.82, 2.24) is 0 Å². The van der Waals surface area contributed by atoms with Gasteiger partial charge >= 0.3 is 0 Å². The smallest absolute Gasteiger partial charge is 0.214 e. The summed E-state index contributed by atoms with van der Waals surface area (Å²) in [6.45, 7) is 7.43. The number of amides is 1. The Morgan fingerprint density at radius 1 is 1.42 bits per heavy atom. The fourth-order valence-corrected chi connectivity index (χ4v) is 0.365. The van der Waals surface area contributed by atoms with Gasteiger partial charge in [0, 0.05) is 13.3 Å². The first kappa shape index (κ1) is 17.3. The zero-order chi connectivity index (χ0) is 10.6. The molecule has 0 unspecified atom stereocenters. The average molecular weight is 180 g/mol. The standard InChI is InChI=1S/C5H12N.C2H5NO.C2H6/c1-4-5-6(2)3;1-2(3)4;1-2/h5H,4H2,1-3H3;1H3,(H2,3,4);1-2H3/q+1;;/i1+1,2+1,4+1;;1+1,2+1. The molecule has 3 nitrogen and oxygen atoms in total. The molecule has 0 heterocycles. The van der Waals surface area contributed by atoms with Crippen LogP contribution in [0, 0.1) is 0 Å². The first-order chi connectivity index (χ1) is 5.50. The number of primary amides is 1. The number of carbonyl (C=O) groups is 1. The highest BCUT2D eigenvalue weighted by molar-refractivity contribution is 5.70. The molecule has 0 atom stereocenters. The van der Waals surface area contributed by atoms with Crippen molar-refractivity contribution >= 4 is 12.1 Å². The average Bonchev–Trinajstić information content (AvgIpc) is 1.90. The molecule has 1 amide bonds. The topological polar surface area (TPSA) is 46.1 Å². The summed E-state index contributed by atoms with van der Waals surface area (Å²) in [4.78, 5) is 9.22. The maximum absolute atomic E-state index is 9.22. The predicted molar refractivity (Wildman–Crippen MR) is 54.7 cm³/mol. The van der Waals surface area contributed by atoms with Gasteiger partial charge in [0.2, 0.25) is 5.91 Å². The van der Waals surface area contributed by atoms with Crippen molar-refractivity contribution in [2.24, 2.45) is 5.73 Å². The number of nitrogens with two attached hydrogens (primary N) is 1. The maximum Gasteiger partial charge on any atom is 0.214 e. The van der Waals surface area contributed by atoms with Crippen molar-refractivity contribution < 1.29 is 9.37 Å². The largest absolute Gasteiger partial charge is 0.370 e. The number of hydrogen-bond acceptors (Lipinski definition) is 1. The van der Waals surface area contributed by atoms with E-state index in [-0.39, 0.29) is 5.91 Å². The summed E-state index contributed by atoms with van der Waals surface area (Å²) in [5.41, 5.74) is 4.47. The molecule has 0 aromatic carbocycles. The molecule has 0 aromatic rings. The van der Waals surface area contributed by atoms with Gasteiger partial charge in [-0.25, -0.2) is 4.58 Å². The third-order valence-corrected chi connectivity index (χ3v) is 0.548. The predicted octanol–water partition coefficient (Wildman–Crippen LogP) is 1.26. The first-order valence-electron chi connectivity index (χ1n) is 4.26. The monoisotopic (exact) mass is 180 g/mol. The Labute approximate surface area is 76.3 Å². The molecular weight excluding hydrogens is 157 g/mol. The molecule has 0 aliphatic carbocycles. The summed E-state index contributed by atoms with van der Waals surface area (Å²) in [6.07, 6.45) is 3.26. The molecular formula is C9H23N2O+. The van der Waals surface area contributed by atoms with Crippen molar-refractivity contribution in [3.8, 4) is 0 Å². The summed E-state index contributed by atoms with van der Waals surface area (Å²) >= 11 is 0. The molecule has 0 spiro atoms. The van der Waals surface area contributed by atoms with Crippen LogP contribution in [-0.2, 0) is 4.79 Å². The summed E-state index contributed by atoms with van der Waals surface area (Å²) < 4.78 is 2.06. The minimum absolute atomic E-state index is 0.333. The van der Waals surface area contributed by atoms with E-state index < -0.39 is 0 Å². The van der Waals surface area contributed by atoms with Gasteiger partial charge < -0.3 is 5.73 Å². The molecule has 0 radical (unpaired) electrons. The van der Waals surface area contributed by atoms with Gasteiger partial charge in [-0.05, 0) is 0 Å².